The minimum Gasteiger partial charge on any atom is -0.319 e. The maximum atomic E-state index is 11.2. The van der Waals surface area contributed by atoms with Crippen LogP contribution in [0.3, 0.4) is 0 Å². The van der Waals surface area contributed by atoms with Gasteiger partial charge >= 0.3 is 0 Å². The molecule has 2 aromatic rings. The van der Waals surface area contributed by atoms with Crippen molar-refractivity contribution in [3.63, 3.8) is 0 Å². The Bertz CT molecular complexity index is 514. The van der Waals surface area contributed by atoms with E-state index in [-0.39, 0.29) is 5.56 Å². The van der Waals surface area contributed by atoms with Gasteiger partial charge in [-0.3, -0.25) is 4.79 Å². The molecular weight excluding hydrogens is 164 g/mol. The molecule has 1 N–H and O–H groups in total. The van der Waals surface area contributed by atoms with E-state index in [1.54, 1.807) is 6.92 Å². The summed E-state index contributed by atoms with van der Waals surface area (Å²) in [6.07, 6.45) is 0. The van der Waals surface area contributed by atoms with Gasteiger partial charge in [-0.1, -0.05) is 12.1 Å². The van der Waals surface area contributed by atoms with E-state index in [4.69, 9.17) is 0 Å². The van der Waals surface area contributed by atoms with E-state index in [0.29, 0.717) is 5.69 Å². The lowest BCUT2D eigenvalue weighted by atomic mass is 10.2. The van der Waals surface area contributed by atoms with Crippen molar-refractivity contribution in [2.45, 2.75) is 13.8 Å². The van der Waals surface area contributed by atoms with Crippen molar-refractivity contribution < 1.29 is 0 Å². The molecule has 0 aliphatic rings. The molecule has 13 heavy (non-hydrogen) atoms. The largest absolute Gasteiger partial charge is 0.319 e. The first-order chi connectivity index (χ1) is 6.18. The molecule has 1 aromatic heterocycles. The highest BCUT2D eigenvalue weighted by molar-refractivity contribution is 5.77. The van der Waals surface area contributed by atoms with E-state index < -0.39 is 0 Å². The highest BCUT2D eigenvalue weighted by Crippen LogP contribution is 2.11. The lowest BCUT2D eigenvalue weighted by Crippen LogP contribution is -2.11. The summed E-state index contributed by atoms with van der Waals surface area (Å²) >= 11 is 0. The van der Waals surface area contributed by atoms with Crippen LogP contribution in [0.5, 0.6) is 0 Å². The summed E-state index contributed by atoms with van der Waals surface area (Å²) in [6, 6.07) is 5.74. The molecule has 0 atom stereocenters. The molecule has 2 rings (SSSR count). The highest BCUT2D eigenvalue weighted by Gasteiger charge is 2.01. The standard InChI is InChI=1S/C10H10N2O/c1-6-4-3-5-8-9(6)11-7(2)10(13)12-8/h3-5H,1-2H3,(H,12,13). The van der Waals surface area contributed by atoms with Gasteiger partial charge in [0.1, 0.15) is 5.69 Å². The molecule has 0 unspecified atom stereocenters. The van der Waals surface area contributed by atoms with E-state index in [1.807, 2.05) is 25.1 Å². The van der Waals surface area contributed by atoms with E-state index in [1.165, 1.54) is 0 Å². The first-order valence-corrected chi connectivity index (χ1v) is 4.15. The van der Waals surface area contributed by atoms with Crippen molar-refractivity contribution in [1.82, 2.24) is 9.97 Å². The predicted octanol–water partition coefficient (Wildman–Crippen LogP) is 1.54. The number of aromatic nitrogens is 2. The lowest BCUT2D eigenvalue weighted by Gasteiger charge is -2.00. The molecule has 1 heterocycles. The second-order valence-electron chi connectivity index (χ2n) is 3.12. The summed E-state index contributed by atoms with van der Waals surface area (Å²) < 4.78 is 0. The Morgan fingerprint density at radius 3 is 2.85 bits per heavy atom. The Kier molecular flexibility index (Phi) is 1.65. The van der Waals surface area contributed by atoms with Crippen LogP contribution >= 0.6 is 0 Å². The maximum absolute atomic E-state index is 11.2. The minimum absolute atomic E-state index is 0.113. The Hall–Kier alpha value is -1.64. The number of H-pyrrole nitrogens is 1. The molecule has 0 bridgehead atoms. The molecule has 0 spiro atoms. The number of fused-ring (bicyclic) bond motifs is 1. The van der Waals surface area contributed by atoms with Gasteiger partial charge in [0, 0.05) is 0 Å². The number of aryl methyl sites for hydroxylation is 2. The summed E-state index contributed by atoms with van der Waals surface area (Å²) in [6.45, 7) is 3.69. The van der Waals surface area contributed by atoms with Crippen molar-refractivity contribution in [2.24, 2.45) is 0 Å². The van der Waals surface area contributed by atoms with E-state index in [9.17, 15) is 4.79 Å². The first-order valence-electron chi connectivity index (χ1n) is 4.15. The third-order valence-corrected chi connectivity index (χ3v) is 2.09. The Morgan fingerprint density at radius 1 is 1.31 bits per heavy atom. The minimum atomic E-state index is -0.113. The van der Waals surface area contributed by atoms with Crippen molar-refractivity contribution in [2.75, 3.05) is 0 Å². The molecule has 66 valence electrons. The number of rotatable bonds is 0. The first kappa shape index (κ1) is 7.98. The van der Waals surface area contributed by atoms with Crippen LogP contribution in [0.25, 0.3) is 11.0 Å². The van der Waals surface area contributed by atoms with Gasteiger partial charge < -0.3 is 4.98 Å². The number of nitrogens with one attached hydrogen (secondary N) is 1. The zero-order chi connectivity index (χ0) is 9.42. The Morgan fingerprint density at radius 2 is 2.08 bits per heavy atom. The molecule has 0 saturated carbocycles. The molecule has 0 aliphatic carbocycles. The van der Waals surface area contributed by atoms with Crippen LogP contribution in [0, 0.1) is 13.8 Å². The number of hydrogen-bond acceptors (Lipinski definition) is 2. The summed E-state index contributed by atoms with van der Waals surface area (Å²) in [7, 11) is 0. The van der Waals surface area contributed by atoms with Gasteiger partial charge in [-0.15, -0.1) is 0 Å². The van der Waals surface area contributed by atoms with Crippen molar-refractivity contribution in [3.05, 3.63) is 39.8 Å². The second-order valence-corrected chi connectivity index (χ2v) is 3.12. The SMILES string of the molecule is Cc1nc2c(C)cccc2[nH]c1=O. The number of nitrogens with zero attached hydrogens (tertiary/aromatic N) is 1. The average Bonchev–Trinajstić information content (AvgIpc) is 2.09. The van der Waals surface area contributed by atoms with Crippen LogP contribution in [-0.2, 0) is 0 Å². The molecule has 3 nitrogen and oxygen atoms in total. The molecule has 1 aromatic carbocycles. The molecule has 0 aliphatic heterocycles. The number of para-hydroxylation sites is 1. The van der Waals surface area contributed by atoms with E-state index in [0.717, 1.165) is 16.6 Å². The van der Waals surface area contributed by atoms with Crippen LogP contribution in [0.1, 0.15) is 11.3 Å². The monoisotopic (exact) mass is 174 g/mol. The van der Waals surface area contributed by atoms with Gasteiger partial charge in [0.05, 0.1) is 11.0 Å². The normalized spacial score (nSPS) is 10.6. The zero-order valence-electron chi connectivity index (χ0n) is 7.59. The van der Waals surface area contributed by atoms with Gasteiger partial charge in [-0.05, 0) is 25.5 Å². The smallest absolute Gasteiger partial charge is 0.269 e. The van der Waals surface area contributed by atoms with Crippen LogP contribution in [-0.4, -0.2) is 9.97 Å². The fraction of sp³-hybridized carbons (Fsp3) is 0.200. The quantitative estimate of drug-likeness (QED) is 0.658. The topological polar surface area (TPSA) is 45.8 Å². The van der Waals surface area contributed by atoms with Crippen LogP contribution in [0.15, 0.2) is 23.0 Å². The Balaban J connectivity index is 2.97. The number of aromatic amines is 1. The van der Waals surface area contributed by atoms with Crippen molar-refractivity contribution in [3.8, 4) is 0 Å². The van der Waals surface area contributed by atoms with Gasteiger partial charge in [0.25, 0.3) is 5.56 Å². The summed E-state index contributed by atoms with van der Waals surface area (Å²) in [4.78, 5) is 18.2. The van der Waals surface area contributed by atoms with Gasteiger partial charge in [0.2, 0.25) is 0 Å². The molecule has 0 amide bonds. The summed E-state index contributed by atoms with van der Waals surface area (Å²) in [5.74, 6) is 0. The Labute approximate surface area is 75.4 Å². The lowest BCUT2D eigenvalue weighted by molar-refractivity contribution is 1.12. The number of benzene rings is 1. The van der Waals surface area contributed by atoms with Gasteiger partial charge in [-0.2, -0.15) is 0 Å². The third-order valence-electron chi connectivity index (χ3n) is 2.09. The van der Waals surface area contributed by atoms with Crippen LogP contribution < -0.4 is 5.56 Å². The molecule has 0 fully saturated rings. The fourth-order valence-corrected chi connectivity index (χ4v) is 1.34. The summed E-state index contributed by atoms with van der Waals surface area (Å²) in [5, 5.41) is 0. The fourth-order valence-electron chi connectivity index (χ4n) is 1.34. The van der Waals surface area contributed by atoms with Gasteiger partial charge in [-0.25, -0.2) is 4.98 Å². The average molecular weight is 174 g/mol. The molecule has 0 radical (unpaired) electrons. The molecular formula is C10H10N2O. The van der Waals surface area contributed by atoms with E-state index >= 15 is 0 Å². The molecule has 0 saturated heterocycles. The van der Waals surface area contributed by atoms with Crippen molar-refractivity contribution in [1.29, 1.82) is 0 Å². The van der Waals surface area contributed by atoms with Crippen LogP contribution in [0.2, 0.25) is 0 Å². The van der Waals surface area contributed by atoms with Crippen molar-refractivity contribution >= 4 is 11.0 Å². The summed E-state index contributed by atoms with van der Waals surface area (Å²) in [5.41, 5.74) is 3.16. The second kappa shape index (κ2) is 2.69. The van der Waals surface area contributed by atoms with Gasteiger partial charge in [0.15, 0.2) is 0 Å². The third kappa shape index (κ3) is 1.22. The van der Waals surface area contributed by atoms with Crippen LogP contribution in [0.4, 0.5) is 0 Å². The maximum Gasteiger partial charge on any atom is 0.269 e. The van der Waals surface area contributed by atoms with E-state index in [2.05, 4.69) is 9.97 Å². The molecule has 3 heteroatoms. The zero-order valence-corrected chi connectivity index (χ0v) is 7.59. The highest BCUT2D eigenvalue weighted by atomic mass is 16.1. The number of hydrogen-bond donors (Lipinski definition) is 1. The predicted molar refractivity (Wildman–Crippen MR) is 51.8 cm³/mol.